The first kappa shape index (κ1) is 25.6. The number of rotatable bonds is 8. The van der Waals surface area contributed by atoms with Crippen molar-refractivity contribution in [1.29, 1.82) is 0 Å². The first-order valence-corrected chi connectivity index (χ1v) is 9.32. The molecule has 2 heterocycles. The number of hydrogen-bond acceptors (Lipinski definition) is 7. The number of halogens is 3. The van der Waals surface area contributed by atoms with Gasteiger partial charge in [0, 0.05) is 50.4 Å². The molecule has 11 heteroatoms. The largest absolute Gasteiger partial charge is 0.383 e. The Bertz CT molecular complexity index is 737. The number of piperazine rings is 1. The van der Waals surface area contributed by atoms with Crippen LogP contribution in [0.3, 0.4) is 0 Å². The van der Waals surface area contributed by atoms with Crippen LogP contribution in [-0.4, -0.2) is 78.8 Å². The van der Waals surface area contributed by atoms with Crippen molar-refractivity contribution in [3.63, 3.8) is 0 Å². The molecule has 0 atom stereocenters. The quantitative estimate of drug-likeness (QED) is 0.597. The maximum atomic E-state index is 12.2. The summed E-state index contributed by atoms with van der Waals surface area (Å²) >= 11 is 5.90. The smallest absolute Gasteiger partial charge is 0.241 e. The van der Waals surface area contributed by atoms with Crippen molar-refractivity contribution < 1.29 is 14.1 Å². The minimum absolute atomic E-state index is 0. The maximum Gasteiger partial charge on any atom is 0.241 e. The molecule has 1 fully saturated rings. The molecule has 0 unspecified atom stereocenters. The summed E-state index contributed by atoms with van der Waals surface area (Å²) in [4.78, 5) is 20.7. The Labute approximate surface area is 187 Å². The molecule has 1 aromatic heterocycles. The Hall–Kier alpha value is -1.42. The van der Waals surface area contributed by atoms with Gasteiger partial charge in [-0.3, -0.25) is 9.69 Å². The highest BCUT2D eigenvalue weighted by molar-refractivity contribution is 6.30. The summed E-state index contributed by atoms with van der Waals surface area (Å²) in [5.41, 5.74) is 0.866. The van der Waals surface area contributed by atoms with E-state index in [0.29, 0.717) is 56.1 Å². The molecule has 2 aromatic rings. The van der Waals surface area contributed by atoms with E-state index in [4.69, 9.17) is 20.9 Å². The zero-order valence-corrected chi connectivity index (χ0v) is 18.6. The van der Waals surface area contributed by atoms with E-state index in [0.717, 1.165) is 18.7 Å². The summed E-state index contributed by atoms with van der Waals surface area (Å²) in [6, 6.07) is 7.32. The number of aromatic nitrogens is 2. The molecule has 1 aliphatic rings. The van der Waals surface area contributed by atoms with Crippen molar-refractivity contribution in [2.24, 2.45) is 0 Å². The molecular formula is C18H26Cl3N5O3. The van der Waals surface area contributed by atoms with E-state index in [-0.39, 0.29) is 30.7 Å². The predicted molar refractivity (Wildman–Crippen MR) is 116 cm³/mol. The molecule has 8 nitrogen and oxygen atoms in total. The van der Waals surface area contributed by atoms with Crippen LogP contribution in [0.25, 0.3) is 11.4 Å². The van der Waals surface area contributed by atoms with Gasteiger partial charge in [-0.1, -0.05) is 16.8 Å². The molecule has 1 saturated heterocycles. The van der Waals surface area contributed by atoms with Crippen LogP contribution in [0.4, 0.5) is 0 Å². The number of benzene rings is 1. The Morgan fingerprint density at radius 3 is 2.55 bits per heavy atom. The van der Waals surface area contributed by atoms with E-state index in [1.54, 1.807) is 19.2 Å². The standard InChI is InChI=1S/C18H24ClN5O3.2ClH/c1-26-11-6-20-12-17(25)24-9-7-23(8-10-24)13-16-21-18(22-27-16)14-2-4-15(19)5-3-14;;/h2-5,20H,6-13H2,1H3;2*1H. The molecule has 0 bridgehead atoms. The zero-order valence-electron chi connectivity index (χ0n) is 16.2. The summed E-state index contributed by atoms with van der Waals surface area (Å²) in [5.74, 6) is 1.24. The first-order chi connectivity index (χ1) is 13.2. The maximum absolute atomic E-state index is 12.2. The molecule has 162 valence electrons. The van der Waals surface area contributed by atoms with Gasteiger partial charge in [0.25, 0.3) is 0 Å². The van der Waals surface area contributed by atoms with Crippen LogP contribution < -0.4 is 5.32 Å². The number of ether oxygens (including phenoxy) is 1. The Balaban J connectivity index is 0.00000210. The fraction of sp³-hybridized carbons (Fsp3) is 0.500. The lowest BCUT2D eigenvalue weighted by Gasteiger charge is -2.34. The average molecular weight is 467 g/mol. The highest BCUT2D eigenvalue weighted by Gasteiger charge is 2.22. The summed E-state index contributed by atoms with van der Waals surface area (Å²) in [6.07, 6.45) is 0. The minimum Gasteiger partial charge on any atom is -0.383 e. The zero-order chi connectivity index (χ0) is 19.1. The lowest BCUT2D eigenvalue weighted by molar-refractivity contribution is -0.132. The molecule has 0 radical (unpaired) electrons. The van der Waals surface area contributed by atoms with Gasteiger partial charge in [0.1, 0.15) is 0 Å². The monoisotopic (exact) mass is 465 g/mol. The van der Waals surface area contributed by atoms with Crippen molar-refractivity contribution in [2.75, 3.05) is 53.0 Å². The first-order valence-electron chi connectivity index (χ1n) is 8.94. The van der Waals surface area contributed by atoms with E-state index in [2.05, 4.69) is 20.4 Å². The minimum atomic E-state index is 0. The second-order valence-corrected chi connectivity index (χ2v) is 6.78. The lowest BCUT2D eigenvalue weighted by atomic mass is 10.2. The van der Waals surface area contributed by atoms with Crippen LogP contribution in [0.1, 0.15) is 5.89 Å². The molecule has 29 heavy (non-hydrogen) atoms. The Morgan fingerprint density at radius 2 is 1.90 bits per heavy atom. The molecule has 1 amide bonds. The van der Waals surface area contributed by atoms with Crippen molar-refractivity contribution in [3.8, 4) is 11.4 Å². The topological polar surface area (TPSA) is 83.7 Å². The second-order valence-electron chi connectivity index (χ2n) is 6.35. The predicted octanol–water partition coefficient (Wildman–Crippen LogP) is 2.11. The molecule has 3 rings (SSSR count). The number of amides is 1. The lowest BCUT2D eigenvalue weighted by Crippen LogP contribution is -2.50. The normalized spacial score (nSPS) is 14.2. The van der Waals surface area contributed by atoms with Gasteiger partial charge in [-0.2, -0.15) is 4.98 Å². The third-order valence-corrected chi connectivity index (χ3v) is 4.67. The van der Waals surface area contributed by atoms with Gasteiger partial charge >= 0.3 is 0 Å². The van der Waals surface area contributed by atoms with Crippen molar-refractivity contribution in [3.05, 3.63) is 35.2 Å². The second kappa shape index (κ2) is 13.0. The summed E-state index contributed by atoms with van der Waals surface area (Å²) in [5, 5.41) is 7.79. The molecule has 0 spiro atoms. The number of nitrogens with zero attached hydrogens (tertiary/aromatic N) is 4. The van der Waals surface area contributed by atoms with Crippen LogP contribution in [0, 0.1) is 0 Å². The molecule has 1 aliphatic heterocycles. The van der Waals surface area contributed by atoms with Gasteiger partial charge in [0.15, 0.2) is 0 Å². The van der Waals surface area contributed by atoms with Crippen LogP contribution in [0.5, 0.6) is 0 Å². The van der Waals surface area contributed by atoms with Gasteiger partial charge in [0.2, 0.25) is 17.6 Å². The van der Waals surface area contributed by atoms with Gasteiger partial charge in [-0.25, -0.2) is 0 Å². The highest BCUT2D eigenvalue weighted by Crippen LogP contribution is 2.19. The fourth-order valence-corrected chi connectivity index (χ4v) is 2.99. The molecule has 1 N–H and O–H groups in total. The van der Waals surface area contributed by atoms with Crippen LogP contribution in [0.15, 0.2) is 28.8 Å². The van der Waals surface area contributed by atoms with Gasteiger partial charge in [-0.05, 0) is 24.3 Å². The van der Waals surface area contributed by atoms with Crippen molar-refractivity contribution >= 4 is 42.3 Å². The number of methoxy groups -OCH3 is 1. The Morgan fingerprint density at radius 1 is 1.21 bits per heavy atom. The van der Waals surface area contributed by atoms with E-state index < -0.39 is 0 Å². The van der Waals surface area contributed by atoms with Crippen LogP contribution in [-0.2, 0) is 16.1 Å². The molecule has 0 saturated carbocycles. The number of nitrogens with one attached hydrogen (secondary N) is 1. The van der Waals surface area contributed by atoms with E-state index in [9.17, 15) is 4.79 Å². The summed E-state index contributed by atoms with van der Waals surface area (Å²) in [7, 11) is 1.64. The SMILES string of the molecule is COCCNCC(=O)N1CCN(Cc2nc(-c3ccc(Cl)cc3)no2)CC1.Cl.Cl. The number of hydrogen-bond donors (Lipinski definition) is 1. The van der Waals surface area contributed by atoms with Crippen LogP contribution in [0.2, 0.25) is 5.02 Å². The van der Waals surface area contributed by atoms with E-state index >= 15 is 0 Å². The molecule has 1 aromatic carbocycles. The fourth-order valence-electron chi connectivity index (χ4n) is 2.86. The van der Waals surface area contributed by atoms with E-state index in [1.807, 2.05) is 17.0 Å². The summed E-state index contributed by atoms with van der Waals surface area (Å²) < 4.78 is 10.3. The third-order valence-electron chi connectivity index (χ3n) is 4.41. The van der Waals surface area contributed by atoms with Crippen molar-refractivity contribution in [1.82, 2.24) is 25.3 Å². The van der Waals surface area contributed by atoms with Crippen molar-refractivity contribution in [2.45, 2.75) is 6.54 Å². The van der Waals surface area contributed by atoms with E-state index in [1.165, 1.54) is 0 Å². The average Bonchev–Trinajstić information content (AvgIpc) is 3.15. The number of carbonyl (C=O) groups excluding carboxylic acids is 1. The van der Waals surface area contributed by atoms with Gasteiger partial charge in [0.05, 0.1) is 19.7 Å². The Kier molecular flexibility index (Phi) is 11.5. The summed E-state index contributed by atoms with van der Waals surface area (Å²) in [6.45, 7) is 5.15. The number of carbonyl (C=O) groups is 1. The highest BCUT2D eigenvalue weighted by atomic mass is 35.5. The van der Waals surface area contributed by atoms with Gasteiger partial charge < -0.3 is 19.5 Å². The van der Waals surface area contributed by atoms with Gasteiger partial charge in [-0.15, -0.1) is 24.8 Å². The third kappa shape index (κ3) is 7.73. The molecular weight excluding hydrogens is 441 g/mol. The van der Waals surface area contributed by atoms with Crippen LogP contribution >= 0.6 is 36.4 Å². The molecule has 0 aliphatic carbocycles.